The number of aliphatic hydroxyl groups excluding tert-OH is 1. The number of benzene rings is 1. The van der Waals surface area contributed by atoms with Gasteiger partial charge >= 0.3 is 5.97 Å². The smallest absolute Gasteiger partial charge is 0.350 e. The number of rotatable bonds is 13. The van der Waals surface area contributed by atoms with Crippen molar-refractivity contribution in [2.75, 3.05) is 40.0 Å². The summed E-state index contributed by atoms with van der Waals surface area (Å²) >= 11 is 0. The third kappa shape index (κ3) is 9.03. The van der Waals surface area contributed by atoms with Crippen LogP contribution < -0.4 is 32.3 Å². The highest BCUT2D eigenvalue weighted by Crippen LogP contribution is 2.60. The van der Waals surface area contributed by atoms with Gasteiger partial charge in [-0.2, -0.15) is 0 Å². The molecule has 8 N–H and O–H groups in total. The molecule has 1 unspecified atom stereocenters. The van der Waals surface area contributed by atoms with Crippen molar-refractivity contribution < 1.29 is 29.0 Å². The zero-order valence-corrected chi connectivity index (χ0v) is 37.8. The Morgan fingerprint density at radius 1 is 1.08 bits per heavy atom. The highest BCUT2D eigenvalue weighted by molar-refractivity contribution is 6.33. The van der Waals surface area contributed by atoms with Gasteiger partial charge in [0.25, 0.3) is 5.60 Å². The van der Waals surface area contributed by atoms with Crippen LogP contribution in [0.2, 0.25) is 0 Å². The van der Waals surface area contributed by atoms with Gasteiger partial charge in [0, 0.05) is 42.3 Å². The molecule has 1 saturated carbocycles. The van der Waals surface area contributed by atoms with Crippen LogP contribution in [0.15, 0.2) is 89.0 Å². The van der Waals surface area contributed by atoms with E-state index in [1.165, 1.54) is 0 Å². The van der Waals surface area contributed by atoms with Gasteiger partial charge in [-0.1, -0.05) is 74.8 Å². The molecule has 340 valence electrons. The monoisotopic (exact) mass is 863 g/mol. The first-order valence-electron chi connectivity index (χ1n) is 23.6. The molecule has 12 heteroatoms. The van der Waals surface area contributed by atoms with E-state index in [0.717, 1.165) is 86.0 Å². The van der Waals surface area contributed by atoms with Gasteiger partial charge in [0.1, 0.15) is 5.82 Å². The Kier molecular flexibility index (Phi) is 13.7. The normalized spacial score (nSPS) is 34.2. The van der Waals surface area contributed by atoms with Crippen molar-refractivity contribution in [1.82, 2.24) is 26.6 Å². The molecular formula is C51H70N6O6. The molecule has 1 aromatic rings. The minimum atomic E-state index is -2.15. The molecule has 0 amide bonds. The molecule has 9 atom stereocenters. The highest BCUT2D eigenvalue weighted by atomic mass is 16.7. The van der Waals surface area contributed by atoms with Gasteiger partial charge in [-0.15, -0.1) is 0 Å². The number of esters is 1. The minimum absolute atomic E-state index is 0.0471. The fourth-order valence-electron chi connectivity index (χ4n) is 11.8. The lowest BCUT2D eigenvalue weighted by molar-refractivity contribution is -0.150. The number of cyclic esters (lactones) is 1. The van der Waals surface area contributed by atoms with Crippen LogP contribution in [0.1, 0.15) is 118 Å². The number of ketones is 2. The van der Waals surface area contributed by atoms with E-state index in [1.807, 2.05) is 38.4 Å². The average Bonchev–Trinajstić information content (AvgIpc) is 3.99. The van der Waals surface area contributed by atoms with E-state index >= 15 is 9.59 Å². The number of epoxide rings is 1. The second kappa shape index (κ2) is 19.0. The molecule has 7 aliphatic rings. The van der Waals surface area contributed by atoms with Gasteiger partial charge in [0.05, 0.1) is 26.0 Å². The lowest BCUT2D eigenvalue weighted by atomic mass is 9.63. The fraction of sp³-hybridized carbons (Fsp3) is 0.588. The molecule has 1 spiro atoms. The number of allylic oxidation sites excluding steroid dienone is 7. The lowest BCUT2D eigenvalue weighted by Crippen LogP contribution is -2.52. The molecule has 0 aromatic heterocycles. The topological polar surface area (TPSA) is 179 Å². The SMILES string of the molecule is CCN[C@@H]1C[C@H]2C=CC[C@@H]3CCCC[C@](C)(CC4=CNC(N)C=C4)Cc4cccc5c4C(=O)[C@]4(O[C@@]4(C/C(CO)=C(\C)CCC4=CCNC(NCNC)=C4)C5=O)C(=O)OC[C@H]1C[C@H]32. The average molecular weight is 863 g/mol. The zero-order valence-electron chi connectivity index (χ0n) is 37.8. The number of hydrogen-bond donors (Lipinski definition) is 7. The number of nitrogens with one attached hydrogen (secondary N) is 5. The predicted octanol–water partition coefficient (Wildman–Crippen LogP) is 5.77. The third-order valence-corrected chi connectivity index (χ3v) is 15.3. The maximum atomic E-state index is 15.5. The Bertz CT molecular complexity index is 2120. The number of Topliss-reactive ketones (excluding diaryl/α,β-unsaturated/α-hetero) is 2. The molecule has 12 nitrogen and oxygen atoms in total. The number of aliphatic hydroxyl groups is 1. The Labute approximate surface area is 373 Å². The van der Waals surface area contributed by atoms with E-state index < -0.39 is 28.7 Å². The summed E-state index contributed by atoms with van der Waals surface area (Å²) in [4.78, 5) is 45.6. The molecule has 1 saturated heterocycles. The molecule has 63 heavy (non-hydrogen) atoms. The van der Waals surface area contributed by atoms with E-state index in [0.29, 0.717) is 55.8 Å². The van der Waals surface area contributed by atoms with Crippen LogP contribution in [0.25, 0.3) is 0 Å². The summed E-state index contributed by atoms with van der Waals surface area (Å²) in [7, 11) is 1.88. The second-order valence-corrected chi connectivity index (χ2v) is 19.7. The zero-order chi connectivity index (χ0) is 44.4. The Morgan fingerprint density at radius 2 is 1.94 bits per heavy atom. The van der Waals surface area contributed by atoms with Gasteiger partial charge < -0.3 is 46.9 Å². The number of dihydropyridines is 2. The van der Waals surface area contributed by atoms with Gasteiger partial charge in [0.15, 0.2) is 11.4 Å². The number of carbonyl (C=O) groups excluding carboxylic acids is 3. The molecule has 4 aliphatic heterocycles. The number of nitrogens with two attached hydrogens (primary N) is 1. The second-order valence-electron chi connectivity index (χ2n) is 19.7. The molecule has 1 aromatic carbocycles. The van der Waals surface area contributed by atoms with Crippen molar-refractivity contribution in [3.8, 4) is 0 Å². The van der Waals surface area contributed by atoms with E-state index in [-0.39, 0.29) is 54.3 Å². The van der Waals surface area contributed by atoms with E-state index in [9.17, 15) is 9.90 Å². The molecule has 0 radical (unpaired) electrons. The van der Waals surface area contributed by atoms with Gasteiger partial charge in [0.2, 0.25) is 5.78 Å². The van der Waals surface area contributed by atoms with Crippen LogP contribution in [0.3, 0.4) is 0 Å². The quantitative estimate of drug-likeness (QED) is 0.0420. The number of fused-ring (bicyclic) bond motifs is 1. The first-order chi connectivity index (χ1) is 30.4. The summed E-state index contributed by atoms with van der Waals surface area (Å²) in [5, 5.41) is 27.6. The van der Waals surface area contributed by atoms with Gasteiger partial charge in [-0.25, -0.2) is 4.79 Å². The summed E-state index contributed by atoms with van der Waals surface area (Å²) in [5.41, 5.74) is 6.90. The Morgan fingerprint density at radius 3 is 2.71 bits per heavy atom. The van der Waals surface area contributed by atoms with E-state index in [4.69, 9.17) is 15.2 Å². The maximum Gasteiger partial charge on any atom is 0.350 e. The number of hydrogen-bond acceptors (Lipinski definition) is 12. The summed E-state index contributed by atoms with van der Waals surface area (Å²) in [6, 6.07) is 5.64. The molecule has 8 rings (SSSR count). The van der Waals surface area contributed by atoms with Crippen molar-refractivity contribution in [1.29, 1.82) is 0 Å². The molecule has 4 bridgehead atoms. The van der Waals surface area contributed by atoms with E-state index in [2.05, 4.69) is 70.8 Å². The van der Waals surface area contributed by atoms with Crippen molar-refractivity contribution in [2.45, 2.75) is 121 Å². The summed E-state index contributed by atoms with van der Waals surface area (Å²) in [6.45, 7) is 8.26. The van der Waals surface area contributed by atoms with Crippen molar-refractivity contribution in [3.05, 3.63) is 106 Å². The van der Waals surface area contributed by atoms with E-state index in [1.54, 1.807) is 6.07 Å². The van der Waals surface area contributed by atoms with Gasteiger partial charge in [-0.05, 0) is 136 Å². The maximum absolute atomic E-state index is 15.5. The highest BCUT2D eigenvalue weighted by Gasteiger charge is 2.86. The number of ether oxygens (including phenoxy) is 2. The molecule has 2 fully saturated rings. The van der Waals surface area contributed by atoms with Crippen LogP contribution in [-0.2, 0) is 20.7 Å². The standard InChI is InChI=1S/C51H70N6O6/c1-5-54-42-24-36-12-8-11-35-10-6-7-20-49(3,25-34-17-18-43(52)56-28-34)26-37-13-9-14-40-45(37)47(60)51(48(61)62-30-38(42)23-41(35)36)50(63-51,46(40)59)27-39(29-58)32(2)15-16-33-19-21-55-44(22-33)57-31-53-4/h8-9,12-14,17-19,22,28,35-36,38,41-43,53-58H,5-7,10-11,15-16,20-21,23-27,29-31,52H2,1-4H3/b39-32-/t35-,36+,38+,41+,42+,43?,49+,50-,51-/m0/s1. The molecular weight excluding hydrogens is 793 g/mol. The largest absolute Gasteiger partial charge is 0.463 e. The van der Waals surface area contributed by atoms with Crippen LogP contribution in [-0.4, -0.2) is 86.1 Å². The van der Waals surface area contributed by atoms with Crippen LogP contribution >= 0.6 is 0 Å². The van der Waals surface area contributed by atoms with Crippen LogP contribution in [0.4, 0.5) is 0 Å². The van der Waals surface area contributed by atoms with Crippen LogP contribution in [0.5, 0.6) is 0 Å². The van der Waals surface area contributed by atoms with Crippen molar-refractivity contribution >= 4 is 17.5 Å². The summed E-state index contributed by atoms with van der Waals surface area (Å²) in [6.07, 6.45) is 24.5. The van der Waals surface area contributed by atoms with Crippen molar-refractivity contribution in [2.24, 2.45) is 34.8 Å². The fourth-order valence-corrected chi connectivity index (χ4v) is 11.8. The first kappa shape index (κ1) is 45.2. The molecule has 4 heterocycles. The molecule has 3 aliphatic carbocycles. The Balaban J connectivity index is 1.16. The van der Waals surface area contributed by atoms with Crippen LogP contribution in [0, 0.1) is 29.1 Å². The predicted molar refractivity (Wildman–Crippen MR) is 245 cm³/mol. The summed E-state index contributed by atoms with van der Waals surface area (Å²) in [5.74, 6) is 0.761. The lowest BCUT2D eigenvalue weighted by Gasteiger charge is -2.45. The first-order valence-corrected chi connectivity index (χ1v) is 23.6. The van der Waals surface area contributed by atoms with Crippen molar-refractivity contribution in [3.63, 3.8) is 0 Å². The third-order valence-electron chi connectivity index (χ3n) is 15.3. The Hall–Kier alpha value is -4.33. The minimum Gasteiger partial charge on any atom is -0.463 e. The summed E-state index contributed by atoms with van der Waals surface area (Å²) < 4.78 is 12.9. The van der Waals surface area contributed by atoms with Gasteiger partial charge in [-0.3, -0.25) is 9.59 Å². The number of carbonyl (C=O) groups is 3.